The third kappa shape index (κ3) is 14.5. The Hall–Kier alpha value is -1.07. The van der Waals surface area contributed by atoms with Gasteiger partial charge in [-0.3, -0.25) is 14.6 Å². The van der Waals surface area contributed by atoms with Crippen molar-refractivity contribution in [2.75, 3.05) is 5.32 Å². The van der Waals surface area contributed by atoms with Crippen LogP contribution in [0.15, 0.2) is 118 Å². The summed E-state index contributed by atoms with van der Waals surface area (Å²) in [6, 6.07) is 6.62. The number of sulfone groups is 1. The van der Waals surface area contributed by atoms with Gasteiger partial charge in [-0.2, -0.15) is 14.6 Å². The second-order valence-corrected chi connectivity index (χ2v) is 17.1. The van der Waals surface area contributed by atoms with Gasteiger partial charge in [0.05, 0.1) is 42.2 Å². The normalized spacial score (nSPS) is 12.4. The van der Waals surface area contributed by atoms with Crippen molar-refractivity contribution in [3.63, 3.8) is 0 Å². The smallest absolute Gasteiger partial charge is 0.744 e. The van der Waals surface area contributed by atoms with E-state index < -0.39 is 122 Å². The number of anilines is 1. The second kappa shape index (κ2) is 23.6. The topological polar surface area (TPSA) is 363 Å². The number of benzene rings is 4. The maximum Gasteiger partial charge on any atom is 1.00 e. The first-order valence-electron chi connectivity index (χ1n) is 14.1. The Morgan fingerprint density at radius 3 is 1.93 bits per heavy atom. The summed E-state index contributed by atoms with van der Waals surface area (Å²) in [4.78, 5) is 21.5. The van der Waals surface area contributed by atoms with Crippen molar-refractivity contribution in [2.24, 2.45) is 20.5 Å². The Labute approximate surface area is 428 Å². The van der Waals surface area contributed by atoms with Crippen LogP contribution < -0.4 is 129 Å². The summed E-state index contributed by atoms with van der Waals surface area (Å²) >= 11 is -0.0129. The van der Waals surface area contributed by atoms with Crippen LogP contribution in [0.3, 0.4) is 0 Å². The van der Waals surface area contributed by atoms with E-state index in [0.717, 1.165) is 43.3 Å². The number of rotatable bonds is 15. The average molecular weight is 950 g/mol. The maximum absolute atomic E-state index is 13.3. The van der Waals surface area contributed by atoms with Crippen molar-refractivity contribution in [1.29, 1.82) is 0 Å². The van der Waals surface area contributed by atoms with E-state index in [2.05, 4.69) is 36.4 Å². The molecule has 4 rings (SSSR count). The van der Waals surface area contributed by atoms with E-state index in [1.807, 2.05) is 5.32 Å². The van der Waals surface area contributed by atoms with Gasteiger partial charge in [0.2, 0.25) is 6.04 Å². The Balaban J connectivity index is 0.00000841. The van der Waals surface area contributed by atoms with Gasteiger partial charge in [0.1, 0.15) is 47.4 Å². The van der Waals surface area contributed by atoms with Crippen LogP contribution in [0.1, 0.15) is 6.92 Å². The van der Waals surface area contributed by atoms with E-state index in [1.165, 1.54) is 12.1 Å². The number of nitrogens with zero attached hydrogens (tertiary/aromatic N) is 4. The van der Waals surface area contributed by atoms with E-state index in [4.69, 9.17) is 0 Å². The quantitative estimate of drug-likeness (QED) is 0.0212. The second-order valence-electron chi connectivity index (χ2n) is 10.4. The van der Waals surface area contributed by atoms with Crippen LogP contribution in [0.2, 0.25) is 0 Å². The summed E-state index contributed by atoms with van der Waals surface area (Å²) in [7, 11) is -20.3. The molecule has 0 saturated heterocycles. The molecule has 2 N–H and O–H groups in total. The number of aromatic hydroxyl groups is 1. The zero-order chi connectivity index (χ0) is 41.1. The van der Waals surface area contributed by atoms with Crippen LogP contribution in [0.5, 0.6) is 5.75 Å². The SMILES string of the molecule is C=CS(=O)(=O)c1ccc(S(=O)(=O)[O-])c(N=NC(C(C)=O)C(=O)Nc2ccc3c(O)c(N=Nc4ccccc4S(=O)(=O)[O-])c(SOO[O-])cc3c2S(=O)(=O)[O-])c1.[Na+].[Na+].[Na+].[Na+]. The molecule has 1 amide bonds. The number of carbonyl (C=O) groups is 2. The molecule has 4 aromatic carbocycles. The molecule has 0 aromatic heterocycles. The molecule has 4 aromatic rings. The van der Waals surface area contributed by atoms with E-state index >= 15 is 0 Å². The fourth-order valence-corrected chi connectivity index (χ4v) is 7.76. The van der Waals surface area contributed by atoms with Crippen molar-refractivity contribution >= 4 is 97.4 Å². The van der Waals surface area contributed by atoms with Gasteiger partial charge in [-0.05, 0) is 55.5 Å². The predicted octanol–water partition coefficient (Wildman–Crippen LogP) is -9.48. The molecule has 292 valence electrons. The number of phenols is 1. The third-order valence-corrected chi connectivity index (χ3v) is 11.6. The molecular weight excluding hydrogens is 931 g/mol. The molecule has 59 heavy (non-hydrogen) atoms. The molecule has 0 fully saturated rings. The molecule has 0 heterocycles. The standard InChI is InChI=1S/C28H23N5O17S5.4Na/c1-3-52(38,39)15-8-11-23(54(43,44)45)20(12-15)31-32-24(14(2)34)28(36)29-19-10-9-16-17(27(19)55(46,47)48)13-21(51-50-49-37)25(26(16)35)33-30-18-6-4-5-7-22(18)53(40,41)42;;;;/h3-13,24,35,37H,1H2,2H3,(H,29,36)(H,40,41,42)(H,43,44,45)(H,46,47,48);;;;/q;4*+1/p-4. The third-order valence-electron chi connectivity index (χ3n) is 6.90. The summed E-state index contributed by atoms with van der Waals surface area (Å²) in [5.74, 6) is -3.59. The molecule has 0 bridgehead atoms. The molecule has 0 spiro atoms. The van der Waals surface area contributed by atoms with E-state index in [-0.39, 0.29) is 130 Å². The summed E-state index contributed by atoms with van der Waals surface area (Å²) in [6.07, 6.45) is 0. The summed E-state index contributed by atoms with van der Waals surface area (Å²) in [5, 5.41) is 40.6. The van der Waals surface area contributed by atoms with Crippen molar-refractivity contribution < 1.29 is 195 Å². The molecule has 0 aliphatic rings. The number of hydrogen-bond acceptors (Lipinski definition) is 22. The Morgan fingerprint density at radius 2 is 1.39 bits per heavy atom. The van der Waals surface area contributed by atoms with Gasteiger partial charge in [-0.25, -0.2) is 33.7 Å². The van der Waals surface area contributed by atoms with Gasteiger partial charge in [-0.15, -0.1) is 10.2 Å². The van der Waals surface area contributed by atoms with E-state index in [0.29, 0.717) is 17.5 Å². The molecule has 1 atom stereocenters. The minimum atomic E-state index is -5.67. The molecule has 0 saturated carbocycles. The molecule has 31 heteroatoms. The number of Topliss-reactive ketones (excluding diaryl/α,β-unsaturated/α-hetero) is 1. The minimum Gasteiger partial charge on any atom is -0.744 e. The first-order chi connectivity index (χ1) is 25.5. The fourth-order valence-electron chi connectivity index (χ4n) is 4.53. The van der Waals surface area contributed by atoms with Crippen LogP contribution in [-0.2, 0) is 59.2 Å². The van der Waals surface area contributed by atoms with Crippen molar-refractivity contribution in [1.82, 2.24) is 0 Å². The van der Waals surface area contributed by atoms with Gasteiger partial charge in [-0.1, -0.05) is 18.7 Å². The zero-order valence-corrected chi connectivity index (χ0v) is 43.0. The number of carbonyl (C=O) groups excluding carboxylic acids is 2. The molecule has 0 radical (unpaired) electrons. The van der Waals surface area contributed by atoms with Gasteiger partial charge in [0.25, 0.3) is 5.91 Å². The van der Waals surface area contributed by atoms with Crippen LogP contribution in [0.25, 0.3) is 10.8 Å². The van der Waals surface area contributed by atoms with E-state index in [9.17, 15) is 67.3 Å². The minimum absolute atomic E-state index is 0. The number of hydrogen-bond donors (Lipinski definition) is 2. The number of phenolic OH excluding ortho intramolecular Hbond substituents is 1. The van der Waals surface area contributed by atoms with Crippen LogP contribution in [0.4, 0.5) is 22.7 Å². The summed E-state index contributed by atoms with van der Waals surface area (Å²) in [5.41, 5.74) is -2.90. The molecule has 1 unspecified atom stereocenters. The molecule has 22 nitrogen and oxygen atoms in total. The number of fused-ring (bicyclic) bond motifs is 1. The van der Waals surface area contributed by atoms with Crippen molar-refractivity contribution in [2.45, 2.75) is 37.4 Å². The Bertz CT molecular complexity index is 2780. The molecular formula is C28H19N5Na4O17S5. The van der Waals surface area contributed by atoms with Crippen molar-refractivity contribution in [3.8, 4) is 5.75 Å². The largest absolute Gasteiger partial charge is 1.00 e. The average Bonchev–Trinajstić information content (AvgIpc) is 3.08. The fraction of sp³-hybridized carbons (Fsp3) is 0.0714. The van der Waals surface area contributed by atoms with Gasteiger partial charge in [0.15, 0.2) is 21.4 Å². The number of nitrogens with one attached hydrogen (secondary N) is 1. The predicted molar refractivity (Wildman–Crippen MR) is 180 cm³/mol. The van der Waals surface area contributed by atoms with Crippen LogP contribution in [0, 0.1) is 0 Å². The first kappa shape index (κ1) is 57.9. The van der Waals surface area contributed by atoms with Gasteiger partial charge >= 0.3 is 118 Å². The van der Waals surface area contributed by atoms with E-state index in [1.54, 1.807) is 0 Å². The van der Waals surface area contributed by atoms with Gasteiger partial charge < -0.3 is 29.3 Å². The Morgan fingerprint density at radius 1 is 0.797 bits per heavy atom. The van der Waals surface area contributed by atoms with Gasteiger partial charge in [0, 0.05) is 16.2 Å². The molecule has 0 aliphatic heterocycles. The summed E-state index contributed by atoms with van der Waals surface area (Å²) in [6.45, 7) is 3.90. The number of azo groups is 2. The van der Waals surface area contributed by atoms with Crippen LogP contribution >= 0.6 is 12.0 Å². The number of amides is 1. The Kier molecular flexibility index (Phi) is 23.1. The zero-order valence-electron chi connectivity index (χ0n) is 30.9. The maximum atomic E-state index is 13.3. The number of ketones is 1. The monoisotopic (exact) mass is 949 g/mol. The summed E-state index contributed by atoms with van der Waals surface area (Å²) < 4.78 is 137. The first-order valence-corrected chi connectivity index (χ1v) is 20.6. The molecule has 0 aliphatic carbocycles. The van der Waals surface area contributed by atoms with Crippen LogP contribution in [-0.4, -0.2) is 70.2 Å². The van der Waals surface area contributed by atoms with Crippen molar-refractivity contribution in [3.05, 3.63) is 72.7 Å².